The Bertz CT molecular complexity index is 1290. The Morgan fingerprint density at radius 3 is 2.61 bits per heavy atom. The average molecular weight is 381 g/mol. The zero-order chi connectivity index (χ0) is 20.0. The van der Waals surface area contributed by atoms with Gasteiger partial charge in [-0.2, -0.15) is 0 Å². The van der Waals surface area contributed by atoms with Crippen LogP contribution in [-0.4, -0.2) is 25.5 Å². The van der Waals surface area contributed by atoms with Crippen LogP contribution in [0.3, 0.4) is 0 Å². The Kier molecular flexibility index (Phi) is 3.99. The number of nitrogens with one attached hydrogen (secondary N) is 1. The predicted octanol–water partition coefficient (Wildman–Crippen LogP) is 2.44. The summed E-state index contributed by atoms with van der Waals surface area (Å²) in [6.07, 6.45) is 1.37. The number of H-pyrrole nitrogens is 1. The Hall–Kier alpha value is -3.88. The number of primary amides is 1. The number of fused-ring (bicyclic) bond motifs is 1. The van der Waals surface area contributed by atoms with Gasteiger partial charge in [0.2, 0.25) is 0 Å². The zero-order valence-electron chi connectivity index (χ0n) is 14.5. The molecule has 9 heteroatoms. The number of nitrogens with zero attached hydrogens (tertiary/aromatic N) is 3. The lowest BCUT2D eigenvalue weighted by Gasteiger charge is -2.05. The number of aromatic amines is 1. The van der Waals surface area contributed by atoms with E-state index >= 15 is 0 Å². The number of aryl methyl sites for hydroxylation is 1. The summed E-state index contributed by atoms with van der Waals surface area (Å²) < 4.78 is 28.8. The molecule has 1 amide bonds. The van der Waals surface area contributed by atoms with Gasteiger partial charge < -0.3 is 5.73 Å². The van der Waals surface area contributed by atoms with Crippen molar-refractivity contribution in [3.05, 3.63) is 76.0 Å². The smallest absolute Gasteiger partial charge is 0.273 e. The van der Waals surface area contributed by atoms with Gasteiger partial charge in [0.15, 0.2) is 5.65 Å². The zero-order valence-corrected chi connectivity index (χ0v) is 14.5. The molecule has 0 bridgehead atoms. The summed E-state index contributed by atoms with van der Waals surface area (Å²) in [6, 6.07) is 7.47. The van der Waals surface area contributed by atoms with Gasteiger partial charge in [0.25, 0.3) is 11.5 Å². The van der Waals surface area contributed by atoms with Crippen LogP contribution < -0.4 is 11.3 Å². The molecule has 0 aliphatic heterocycles. The molecule has 0 unspecified atom stereocenters. The maximum atomic E-state index is 14.3. The number of benzene rings is 1. The quantitative estimate of drug-likeness (QED) is 0.568. The van der Waals surface area contributed by atoms with E-state index in [9.17, 15) is 18.4 Å². The van der Waals surface area contributed by atoms with Crippen LogP contribution in [0.2, 0.25) is 0 Å². The van der Waals surface area contributed by atoms with E-state index in [1.165, 1.54) is 28.9 Å². The van der Waals surface area contributed by atoms with Crippen LogP contribution in [0.5, 0.6) is 0 Å². The number of carbonyl (C=O) groups is 1. The van der Waals surface area contributed by atoms with Gasteiger partial charge in [0, 0.05) is 40.7 Å². The van der Waals surface area contributed by atoms with E-state index in [-0.39, 0.29) is 22.6 Å². The Morgan fingerprint density at radius 2 is 1.96 bits per heavy atom. The molecule has 7 nitrogen and oxygen atoms in total. The minimum atomic E-state index is -0.767. The van der Waals surface area contributed by atoms with Crippen molar-refractivity contribution < 1.29 is 13.6 Å². The van der Waals surface area contributed by atoms with E-state index in [4.69, 9.17) is 5.73 Å². The Morgan fingerprint density at radius 1 is 1.18 bits per heavy atom. The van der Waals surface area contributed by atoms with E-state index < -0.39 is 23.1 Å². The fraction of sp³-hybridized carbons (Fsp3) is 0.0526. The molecule has 0 atom stereocenters. The summed E-state index contributed by atoms with van der Waals surface area (Å²) in [6.45, 7) is 1.66. The third-order valence-electron chi connectivity index (χ3n) is 4.31. The largest absolute Gasteiger partial charge is 0.364 e. The summed E-state index contributed by atoms with van der Waals surface area (Å²) in [5, 5.41) is 2.84. The number of hydrogen-bond acceptors (Lipinski definition) is 4. The van der Waals surface area contributed by atoms with Gasteiger partial charge >= 0.3 is 0 Å². The van der Waals surface area contributed by atoms with Crippen molar-refractivity contribution in [2.45, 2.75) is 6.92 Å². The fourth-order valence-electron chi connectivity index (χ4n) is 3.00. The van der Waals surface area contributed by atoms with Crippen LogP contribution in [0.1, 0.15) is 16.2 Å². The van der Waals surface area contributed by atoms with Gasteiger partial charge in [-0.1, -0.05) is 0 Å². The highest BCUT2D eigenvalue weighted by atomic mass is 19.1. The number of carbonyl (C=O) groups excluding carboxylic acids is 1. The van der Waals surface area contributed by atoms with Gasteiger partial charge in [0.05, 0.1) is 5.69 Å². The molecule has 140 valence electrons. The molecule has 0 fully saturated rings. The highest BCUT2D eigenvalue weighted by molar-refractivity contribution is 5.91. The van der Waals surface area contributed by atoms with Crippen LogP contribution >= 0.6 is 0 Å². The third kappa shape index (κ3) is 2.82. The van der Waals surface area contributed by atoms with E-state index in [0.29, 0.717) is 16.8 Å². The topological polar surface area (TPSA) is 106 Å². The number of aromatic nitrogens is 4. The normalized spacial score (nSPS) is 11.1. The molecule has 3 N–H and O–H groups in total. The van der Waals surface area contributed by atoms with Gasteiger partial charge in [-0.3, -0.25) is 19.7 Å². The highest BCUT2D eigenvalue weighted by Gasteiger charge is 2.18. The van der Waals surface area contributed by atoms with Gasteiger partial charge in [-0.25, -0.2) is 18.3 Å². The molecule has 28 heavy (non-hydrogen) atoms. The molecule has 1 aromatic carbocycles. The van der Waals surface area contributed by atoms with Crippen molar-refractivity contribution in [2.24, 2.45) is 5.73 Å². The summed E-state index contributed by atoms with van der Waals surface area (Å²) >= 11 is 0. The van der Waals surface area contributed by atoms with E-state index in [0.717, 1.165) is 12.1 Å². The van der Waals surface area contributed by atoms with Crippen LogP contribution in [0, 0.1) is 18.6 Å². The van der Waals surface area contributed by atoms with Crippen LogP contribution in [-0.2, 0) is 0 Å². The molecular formula is C19H13F2N5O2. The second-order valence-corrected chi connectivity index (χ2v) is 6.17. The molecule has 0 aliphatic carbocycles. The number of nitrogens with two attached hydrogens (primary N) is 1. The first-order valence-corrected chi connectivity index (χ1v) is 8.19. The lowest BCUT2D eigenvalue weighted by Crippen LogP contribution is -2.15. The molecule has 0 radical (unpaired) electrons. The third-order valence-corrected chi connectivity index (χ3v) is 4.31. The first-order chi connectivity index (χ1) is 13.3. The van der Waals surface area contributed by atoms with E-state index in [2.05, 4.69) is 15.1 Å². The molecule has 0 saturated carbocycles. The monoisotopic (exact) mass is 381 g/mol. The fourth-order valence-corrected chi connectivity index (χ4v) is 3.00. The molecule has 0 saturated heterocycles. The van der Waals surface area contributed by atoms with Crippen molar-refractivity contribution in [3.8, 4) is 22.4 Å². The van der Waals surface area contributed by atoms with Crippen molar-refractivity contribution >= 4 is 11.6 Å². The summed E-state index contributed by atoms with van der Waals surface area (Å²) in [7, 11) is 0. The number of amides is 1. The standard InChI is InChI=1S/C19H13F2N5O2/c1-9-17(12-4-3-11(20)6-13(12)21)19-24-15(7-16(27)26(19)25-9)10-2-5-14(18(22)28)23-8-10/h2-8,25H,1H3,(H2,22,28). The summed E-state index contributed by atoms with van der Waals surface area (Å²) in [4.78, 5) is 32.1. The number of halogens is 2. The van der Waals surface area contributed by atoms with Crippen LogP contribution in [0.25, 0.3) is 28.0 Å². The molecule has 0 aliphatic rings. The Balaban J connectivity index is 1.95. The first kappa shape index (κ1) is 17.5. The van der Waals surface area contributed by atoms with Crippen molar-refractivity contribution in [3.63, 3.8) is 0 Å². The summed E-state index contributed by atoms with van der Waals surface area (Å²) in [5.74, 6) is -2.15. The number of rotatable bonds is 3. The maximum Gasteiger partial charge on any atom is 0.273 e. The molecule has 3 aromatic heterocycles. The van der Waals surface area contributed by atoms with E-state index in [1.54, 1.807) is 13.0 Å². The minimum absolute atomic E-state index is 0.0770. The van der Waals surface area contributed by atoms with Gasteiger partial charge in [-0.05, 0) is 31.2 Å². The van der Waals surface area contributed by atoms with Crippen LogP contribution in [0.4, 0.5) is 8.78 Å². The van der Waals surface area contributed by atoms with E-state index in [1.807, 2.05) is 0 Å². The average Bonchev–Trinajstić information content (AvgIpc) is 2.98. The van der Waals surface area contributed by atoms with Gasteiger partial charge in [0.1, 0.15) is 17.3 Å². The molecule has 4 rings (SSSR count). The SMILES string of the molecule is Cc1[nH]n2c(=O)cc(-c3ccc(C(N)=O)nc3)nc2c1-c1ccc(F)cc1F. The maximum absolute atomic E-state index is 14.3. The van der Waals surface area contributed by atoms with Crippen molar-refractivity contribution in [2.75, 3.05) is 0 Å². The minimum Gasteiger partial charge on any atom is -0.364 e. The number of pyridine rings is 1. The van der Waals surface area contributed by atoms with Crippen molar-refractivity contribution in [1.29, 1.82) is 0 Å². The molecule has 3 heterocycles. The predicted molar refractivity (Wildman–Crippen MR) is 97.7 cm³/mol. The molecule has 0 spiro atoms. The first-order valence-electron chi connectivity index (χ1n) is 8.19. The van der Waals surface area contributed by atoms with Gasteiger partial charge in [-0.15, -0.1) is 0 Å². The number of hydrogen-bond donors (Lipinski definition) is 2. The highest BCUT2D eigenvalue weighted by Crippen LogP contribution is 2.30. The Labute approximate surface area is 156 Å². The van der Waals surface area contributed by atoms with Crippen LogP contribution in [0.15, 0.2) is 47.4 Å². The lowest BCUT2D eigenvalue weighted by molar-refractivity contribution is 0.0995. The molecule has 4 aromatic rings. The lowest BCUT2D eigenvalue weighted by atomic mass is 10.1. The summed E-state index contributed by atoms with van der Waals surface area (Å²) in [5.41, 5.74) is 6.74. The molecular weight excluding hydrogens is 368 g/mol. The second-order valence-electron chi connectivity index (χ2n) is 6.17. The second kappa shape index (κ2) is 6.38. The van der Waals surface area contributed by atoms with Crippen molar-refractivity contribution in [1.82, 2.24) is 19.6 Å².